The van der Waals surface area contributed by atoms with Crippen molar-refractivity contribution in [3.8, 4) is 0 Å². The highest BCUT2D eigenvalue weighted by atomic mass is 32.2. The molecule has 0 radical (unpaired) electrons. The molecule has 9 heteroatoms. The molecular weight excluding hydrogens is 298 g/mol. The molecule has 0 atom stereocenters. The third-order valence-electron chi connectivity index (χ3n) is 2.58. The Hall–Kier alpha value is -1.03. The molecule has 1 rings (SSSR count). The molecule has 8 nitrogen and oxygen atoms in total. The van der Waals surface area contributed by atoms with E-state index in [-0.39, 0.29) is 12.5 Å². The minimum Gasteiger partial charge on any atom is -0.444 e. The third kappa shape index (κ3) is 7.51. The summed E-state index contributed by atoms with van der Waals surface area (Å²) in [6.07, 6.45) is -0.585. The highest BCUT2D eigenvalue weighted by Crippen LogP contribution is 2.14. The molecule has 0 spiro atoms. The topological polar surface area (TPSA) is 80.3 Å². The van der Waals surface area contributed by atoms with Gasteiger partial charge >= 0.3 is 6.09 Å². The summed E-state index contributed by atoms with van der Waals surface area (Å²) in [5.41, 5.74) is -0.572. The lowest BCUT2D eigenvalue weighted by atomic mass is 10.2. The molecule has 1 saturated heterocycles. The molecule has 0 aromatic heterocycles. The Morgan fingerprint density at radius 2 is 1.81 bits per heavy atom. The van der Waals surface area contributed by atoms with Gasteiger partial charge in [-0.3, -0.25) is 4.79 Å². The van der Waals surface area contributed by atoms with Gasteiger partial charge in [-0.1, -0.05) is 0 Å². The number of piperazine rings is 1. The number of nitrogens with one attached hydrogen (secondary N) is 1. The average molecular weight is 321 g/mol. The van der Waals surface area contributed by atoms with Crippen LogP contribution in [0.25, 0.3) is 0 Å². The molecule has 0 aromatic carbocycles. The van der Waals surface area contributed by atoms with Crippen LogP contribution in [0.15, 0.2) is 0 Å². The van der Waals surface area contributed by atoms with Crippen molar-refractivity contribution in [2.24, 2.45) is 0 Å². The maximum atomic E-state index is 12.0. The lowest BCUT2D eigenvalue weighted by molar-refractivity contribution is -0.164. The van der Waals surface area contributed by atoms with Crippen LogP contribution in [0.2, 0.25) is 0 Å². The first kappa shape index (κ1) is 18.0. The second-order valence-corrected chi connectivity index (χ2v) is 6.28. The van der Waals surface area contributed by atoms with E-state index in [4.69, 9.17) is 9.07 Å². The van der Waals surface area contributed by atoms with E-state index in [1.165, 1.54) is 7.11 Å². The molecular formula is C12H23N3O5S. The molecule has 0 bridgehead atoms. The second-order valence-electron chi connectivity index (χ2n) is 5.47. The molecule has 1 aliphatic rings. The van der Waals surface area contributed by atoms with Crippen LogP contribution in [0.1, 0.15) is 20.8 Å². The fourth-order valence-corrected chi connectivity index (χ4v) is 2.12. The Labute approximate surface area is 129 Å². The van der Waals surface area contributed by atoms with Crippen LogP contribution in [-0.4, -0.2) is 66.6 Å². The number of amides is 2. The zero-order valence-corrected chi connectivity index (χ0v) is 13.7. The largest absolute Gasteiger partial charge is 0.444 e. The minimum atomic E-state index is -0.585. The zero-order valence-electron chi connectivity index (χ0n) is 12.9. The fraction of sp³-hybridized carbons (Fsp3) is 0.833. The summed E-state index contributed by atoms with van der Waals surface area (Å²) in [5, 5.41) is 2.47. The smallest absolute Gasteiger partial charge is 0.408 e. The van der Waals surface area contributed by atoms with Gasteiger partial charge in [0, 0.05) is 26.2 Å². The van der Waals surface area contributed by atoms with Crippen LogP contribution in [0.3, 0.4) is 0 Å². The Morgan fingerprint density at radius 3 is 2.33 bits per heavy atom. The van der Waals surface area contributed by atoms with Crippen molar-refractivity contribution in [3.05, 3.63) is 0 Å². The summed E-state index contributed by atoms with van der Waals surface area (Å²) in [6.45, 7) is 7.76. The van der Waals surface area contributed by atoms with E-state index in [0.717, 1.165) is 12.2 Å². The molecule has 1 N–H and O–H groups in total. The van der Waals surface area contributed by atoms with E-state index in [1.54, 1.807) is 25.7 Å². The van der Waals surface area contributed by atoms with Crippen LogP contribution < -0.4 is 5.32 Å². The Kier molecular flexibility index (Phi) is 7.23. The Bertz CT molecular complexity index is 353. The Balaban J connectivity index is 2.23. The average Bonchev–Trinajstić information content (AvgIpc) is 2.41. The molecule has 1 heterocycles. The number of rotatable bonds is 5. The van der Waals surface area contributed by atoms with Crippen LogP contribution in [0.4, 0.5) is 4.79 Å². The molecule has 0 aromatic rings. The first-order chi connectivity index (χ1) is 9.81. The highest BCUT2D eigenvalue weighted by molar-refractivity contribution is 7.92. The maximum Gasteiger partial charge on any atom is 0.408 e. The van der Waals surface area contributed by atoms with E-state index < -0.39 is 11.7 Å². The summed E-state index contributed by atoms with van der Waals surface area (Å²) >= 11 is 1.12. The lowest BCUT2D eigenvalue weighted by Crippen LogP contribution is -2.49. The zero-order chi connectivity index (χ0) is 15.9. The molecule has 21 heavy (non-hydrogen) atoms. The van der Waals surface area contributed by atoms with Gasteiger partial charge < -0.3 is 15.0 Å². The van der Waals surface area contributed by atoms with Gasteiger partial charge in [0.1, 0.15) is 24.4 Å². The molecule has 1 aliphatic heterocycles. The maximum absolute atomic E-state index is 12.0. The van der Waals surface area contributed by atoms with Crippen LogP contribution in [-0.2, 0) is 18.8 Å². The Morgan fingerprint density at radius 1 is 1.19 bits per heavy atom. The lowest BCUT2D eigenvalue weighted by Gasteiger charge is -2.32. The number of hydrogen-bond acceptors (Lipinski definition) is 7. The van der Waals surface area contributed by atoms with Gasteiger partial charge in [-0.25, -0.2) is 14.0 Å². The molecule has 0 saturated carbocycles. The van der Waals surface area contributed by atoms with Gasteiger partial charge in [0.05, 0.1) is 7.11 Å². The first-order valence-electron chi connectivity index (χ1n) is 6.69. The summed E-state index contributed by atoms with van der Waals surface area (Å²) < 4.78 is 11.8. The van der Waals surface area contributed by atoms with Crippen molar-refractivity contribution in [3.63, 3.8) is 0 Å². The third-order valence-corrected chi connectivity index (χ3v) is 3.35. The van der Waals surface area contributed by atoms with Gasteiger partial charge in [0.15, 0.2) is 0 Å². The van der Waals surface area contributed by atoms with Crippen molar-refractivity contribution in [2.45, 2.75) is 26.4 Å². The van der Waals surface area contributed by atoms with Crippen molar-refractivity contribution < 1.29 is 23.5 Å². The predicted octanol–water partition coefficient (Wildman–Crippen LogP) is 0.796. The molecule has 0 unspecified atom stereocenters. The molecule has 1 fully saturated rings. The van der Waals surface area contributed by atoms with Gasteiger partial charge in [0.2, 0.25) is 5.91 Å². The van der Waals surface area contributed by atoms with Gasteiger partial charge in [-0.2, -0.15) is 0 Å². The summed E-state index contributed by atoms with van der Waals surface area (Å²) in [5.74, 6) is -0.127. The number of carbonyl (C=O) groups excluding carboxylic acids is 2. The van der Waals surface area contributed by atoms with Crippen molar-refractivity contribution >= 4 is 24.2 Å². The summed E-state index contributed by atoms with van der Waals surface area (Å²) in [7, 11) is 1.44. The van der Waals surface area contributed by atoms with Crippen LogP contribution in [0, 0.1) is 0 Å². The second kappa shape index (κ2) is 8.42. The number of carbonyl (C=O) groups is 2. The normalized spacial score (nSPS) is 16.7. The number of ether oxygens (including phenoxy) is 1. The van der Waals surface area contributed by atoms with Crippen LogP contribution in [0.5, 0.6) is 0 Å². The van der Waals surface area contributed by atoms with Crippen molar-refractivity contribution in [2.75, 3.05) is 39.8 Å². The van der Waals surface area contributed by atoms with Crippen molar-refractivity contribution in [1.82, 2.24) is 14.5 Å². The minimum absolute atomic E-state index is 0.0589. The van der Waals surface area contributed by atoms with E-state index in [1.807, 2.05) is 4.31 Å². The first-order valence-corrected chi connectivity index (χ1v) is 7.38. The van der Waals surface area contributed by atoms with Gasteiger partial charge in [0.25, 0.3) is 0 Å². The predicted molar refractivity (Wildman–Crippen MR) is 78.1 cm³/mol. The number of alkyl carbamates (subject to hydrolysis) is 1. The van der Waals surface area contributed by atoms with Crippen LogP contribution >= 0.6 is 12.2 Å². The standard InChI is InChI=1S/C12H23N3O5S/c1-12(2,3)19-11(17)13-9-10(16)14-5-7-15(8-6-14)21-20-18-4/h5-9H2,1-4H3,(H,13,17). The van der Waals surface area contributed by atoms with E-state index in [9.17, 15) is 9.59 Å². The van der Waals surface area contributed by atoms with E-state index >= 15 is 0 Å². The summed E-state index contributed by atoms with van der Waals surface area (Å²) in [6, 6.07) is 0. The van der Waals surface area contributed by atoms with E-state index in [2.05, 4.69) is 10.2 Å². The van der Waals surface area contributed by atoms with E-state index in [0.29, 0.717) is 26.2 Å². The quantitative estimate of drug-likeness (QED) is 0.347. The molecule has 2 amide bonds. The molecule has 0 aliphatic carbocycles. The SMILES string of the molecule is COOSN1CCN(C(=O)CNC(=O)OC(C)(C)C)CC1. The summed E-state index contributed by atoms with van der Waals surface area (Å²) in [4.78, 5) is 29.6. The highest BCUT2D eigenvalue weighted by Gasteiger charge is 2.23. The van der Waals surface area contributed by atoms with Gasteiger partial charge in [-0.15, -0.1) is 4.33 Å². The fourth-order valence-electron chi connectivity index (χ4n) is 1.66. The number of hydrogen-bond donors (Lipinski definition) is 1. The monoisotopic (exact) mass is 321 g/mol. The number of nitrogens with zero attached hydrogens (tertiary/aromatic N) is 2. The van der Waals surface area contributed by atoms with Crippen molar-refractivity contribution in [1.29, 1.82) is 0 Å². The molecule has 122 valence electrons. The van der Waals surface area contributed by atoms with Gasteiger partial charge in [-0.05, 0) is 20.8 Å².